The first-order chi connectivity index (χ1) is 14.0. The highest BCUT2D eigenvalue weighted by molar-refractivity contribution is 6.30. The summed E-state index contributed by atoms with van der Waals surface area (Å²) in [5.74, 6) is 2.20. The molecule has 4 rings (SSSR count). The molecule has 0 N–H and O–H groups in total. The number of rotatable bonds is 3. The summed E-state index contributed by atoms with van der Waals surface area (Å²) in [5.41, 5.74) is 3.94. The number of methoxy groups -OCH3 is 1. The summed E-state index contributed by atoms with van der Waals surface area (Å²) < 4.78 is 17.7. The van der Waals surface area contributed by atoms with Gasteiger partial charge in [0.05, 0.1) is 7.11 Å². The van der Waals surface area contributed by atoms with E-state index in [-0.39, 0.29) is 11.4 Å². The van der Waals surface area contributed by atoms with Crippen molar-refractivity contribution in [1.29, 1.82) is 0 Å². The van der Waals surface area contributed by atoms with E-state index in [1.54, 1.807) is 7.11 Å². The van der Waals surface area contributed by atoms with Crippen molar-refractivity contribution in [1.82, 2.24) is 0 Å². The molecule has 4 nitrogen and oxygen atoms in total. The average molecular weight is 405 g/mol. The number of benzene rings is 2. The molecule has 0 aliphatic carbocycles. The molecule has 156 valence electrons. The molecule has 0 saturated heterocycles. The summed E-state index contributed by atoms with van der Waals surface area (Å²) in [6, 6.07) is 7.58. The Morgan fingerprint density at radius 3 is 2.37 bits per heavy atom. The van der Waals surface area contributed by atoms with Crippen LogP contribution in [-0.4, -0.2) is 24.1 Å². The Morgan fingerprint density at radius 1 is 0.967 bits per heavy atom. The van der Waals surface area contributed by atoms with Crippen LogP contribution in [0.3, 0.4) is 0 Å². The quantitative estimate of drug-likeness (QED) is 0.595. The number of hydrogen-bond acceptors (Lipinski definition) is 4. The Morgan fingerprint density at radius 2 is 1.67 bits per heavy atom. The maximum atomic E-state index is 13.7. The number of hydrogen-bond donors (Lipinski definition) is 0. The molecule has 0 spiro atoms. The molecule has 0 saturated carbocycles. The Hall–Kier alpha value is -3.01. The van der Waals surface area contributed by atoms with Gasteiger partial charge in [0, 0.05) is 22.3 Å². The van der Waals surface area contributed by atoms with Crippen molar-refractivity contribution < 1.29 is 19.0 Å². The predicted molar refractivity (Wildman–Crippen MR) is 120 cm³/mol. The van der Waals surface area contributed by atoms with E-state index in [1.165, 1.54) is 0 Å². The summed E-state index contributed by atoms with van der Waals surface area (Å²) in [4.78, 5) is 13.7. The summed E-state index contributed by atoms with van der Waals surface area (Å²) in [5, 5.41) is 0. The van der Waals surface area contributed by atoms with Crippen LogP contribution in [0.1, 0.15) is 60.3 Å². The molecule has 0 radical (unpaired) electrons. The molecule has 0 fully saturated rings. The molecule has 2 aromatic carbocycles. The second kappa shape index (κ2) is 6.76. The lowest BCUT2D eigenvalue weighted by Crippen LogP contribution is -2.30. The third-order valence-corrected chi connectivity index (χ3v) is 5.64. The fraction of sp³-hybridized carbons (Fsp3) is 0.346. The predicted octanol–water partition coefficient (Wildman–Crippen LogP) is 5.93. The number of allylic oxidation sites excluding steroid dienone is 1. The molecular formula is C26H28O4. The van der Waals surface area contributed by atoms with Gasteiger partial charge in [0.2, 0.25) is 0 Å². The highest BCUT2D eigenvalue weighted by Gasteiger charge is 2.32. The van der Waals surface area contributed by atoms with Crippen molar-refractivity contribution in [3.8, 4) is 17.2 Å². The molecule has 0 aromatic heterocycles. The van der Waals surface area contributed by atoms with Gasteiger partial charge in [-0.3, -0.25) is 4.79 Å². The molecule has 2 heterocycles. The largest absolute Gasteiger partial charge is 0.496 e. The summed E-state index contributed by atoms with van der Waals surface area (Å²) in [7, 11) is 1.63. The van der Waals surface area contributed by atoms with Crippen molar-refractivity contribution >= 4 is 17.4 Å². The Labute approximate surface area is 178 Å². The standard InChI is InChI=1S/C26H28O4/c1-15-12-23-19(13-22(15)28-7)20(14-26(5,6)30-23)24(27)18-8-9-21-17(16(18)2)10-11-25(3,4)29-21/h8-14H,1-7H3. The molecule has 2 aliphatic rings. The Bertz CT molecular complexity index is 1120. The third kappa shape index (κ3) is 3.41. The van der Waals surface area contributed by atoms with Crippen LogP contribution in [-0.2, 0) is 0 Å². The summed E-state index contributed by atoms with van der Waals surface area (Å²) in [6.45, 7) is 11.9. The van der Waals surface area contributed by atoms with Crippen LogP contribution in [0, 0.1) is 13.8 Å². The van der Waals surface area contributed by atoms with Gasteiger partial charge in [-0.1, -0.05) is 6.08 Å². The van der Waals surface area contributed by atoms with Gasteiger partial charge >= 0.3 is 0 Å². The third-order valence-electron chi connectivity index (χ3n) is 5.64. The monoisotopic (exact) mass is 404 g/mol. The van der Waals surface area contributed by atoms with Crippen LogP contribution < -0.4 is 14.2 Å². The van der Waals surface area contributed by atoms with E-state index in [1.807, 2.05) is 84.0 Å². The number of ether oxygens (including phenoxy) is 3. The second-order valence-electron chi connectivity index (χ2n) is 9.10. The number of fused-ring (bicyclic) bond motifs is 2. The van der Waals surface area contributed by atoms with Crippen molar-refractivity contribution in [3.05, 3.63) is 64.2 Å². The zero-order valence-corrected chi connectivity index (χ0v) is 18.7. The van der Waals surface area contributed by atoms with Gasteiger partial charge < -0.3 is 14.2 Å². The molecule has 4 heteroatoms. The van der Waals surface area contributed by atoms with Gasteiger partial charge in [0.25, 0.3) is 0 Å². The van der Waals surface area contributed by atoms with Gasteiger partial charge in [-0.2, -0.15) is 0 Å². The number of carbonyl (C=O) groups excluding carboxylic acids is 1. The van der Waals surface area contributed by atoms with Crippen LogP contribution in [0.4, 0.5) is 0 Å². The van der Waals surface area contributed by atoms with E-state index in [9.17, 15) is 4.79 Å². The van der Waals surface area contributed by atoms with Crippen LogP contribution in [0.25, 0.3) is 11.6 Å². The minimum absolute atomic E-state index is 0.0305. The minimum Gasteiger partial charge on any atom is -0.496 e. The van der Waals surface area contributed by atoms with Crippen LogP contribution in [0.2, 0.25) is 0 Å². The molecule has 0 bridgehead atoms. The normalized spacial score (nSPS) is 17.8. The van der Waals surface area contributed by atoms with E-state index in [4.69, 9.17) is 14.2 Å². The van der Waals surface area contributed by atoms with Crippen molar-refractivity contribution in [2.24, 2.45) is 0 Å². The molecule has 2 aliphatic heterocycles. The lowest BCUT2D eigenvalue weighted by molar-refractivity contribution is 0.104. The van der Waals surface area contributed by atoms with Crippen molar-refractivity contribution in [2.45, 2.75) is 52.7 Å². The second-order valence-corrected chi connectivity index (χ2v) is 9.10. The van der Waals surface area contributed by atoms with E-state index < -0.39 is 5.60 Å². The van der Waals surface area contributed by atoms with E-state index in [0.717, 1.165) is 33.8 Å². The van der Waals surface area contributed by atoms with E-state index in [0.29, 0.717) is 16.9 Å². The van der Waals surface area contributed by atoms with Crippen LogP contribution >= 0.6 is 0 Å². The fourth-order valence-electron chi connectivity index (χ4n) is 4.09. The summed E-state index contributed by atoms with van der Waals surface area (Å²) >= 11 is 0. The van der Waals surface area contributed by atoms with Gasteiger partial charge in [0.15, 0.2) is 5.78 Å². The van der Waals surface area contributed by atoms with Gasteiger partial charge in [-0.25, -0.2) is 0 Å². The molecule has 0 amide bonds. The molecule has 0 unspecified atom stereocenters. The SMILES string of the molecule is COc1cc2c(cc1C)OC(C)(C)C=C2C(=O)c1ccc2c(c1C)C=CC(C)(C)O2. The maximum absolute atomic E-state index is 13.7. The number of ketones is 1. The number of carbonyl (C=O) groups is 1. The summed E-state index contributed by atoms with van der Waals surface area (Å²) in [6.07, 6.45) is 5.98. The Kier molecular flexibility index (Phi) is 4.57. The molecular weight excluding hydrogens is 376 g/mol. The highest BCUT2D eigenvalue weighted by atomic mass is 16.5. The molecule has 2 aromatic rings. The van der Waals surface area contributed by atoms with E-state index >= 15 is 0 Å². The van der Waals surface area contributed by atoms with Gasteiger partial charge in [-0.15, -0.1) is 0 Å². The highest BCUT2D eigenvalue weighted by Crippen LogP contribution is 2.42. The molecule has 0 atom stereocenters. The zero-order valence-electron chi connectivity index (χ0n) is 18.7. The minimum atomic E-state index is -0.589. The van der Waals surface area contributed by atoms with Gasteiger partial charge in [-0.05, 0) is 89.1 Å². The zero-order chi connectivity index (χ0) is 21.8. The smallest absolute Gasteiger partial charge is 0.193 e. The number of aryl methyl sites for hydroxylation is 1. The van der Waals surface area contributed by atoms with Crippen molar-refractivity contribution in [2.75, 3.05) is 7.11 Å². The fourth-order valence-corrected chi connectivity index (χ4v) is 4.09. The topological polar surface area (TPSA) is 44.8 Å². The van der Waals surface area contributed by atoms with Crippen molar-refractivity contribution in [3.63, 3.8) is 0 Å². The first-order valence-electron chi connectivity index (χ1n) is 10.2. The Balaban J connectivity index is 1.84. The van der Waals surface area contributed by atoms with Crippen LogP contribution in [0.15, 0.2) is 36.4 Å². The first kappa shape index (κ1) is 20.3. The van der Waals surface area contributed by atoms with Gasteiger partial charge in [0.1, 0.15) is 28.5 Å². The first-order valence-corrected chi connectivity index (χ1v) is 10.2. The number of Topliss-reactive ketones (excluding diaryl/α,β-unsaturated/α-hetero) is 1. The van der Waals surface area contributed by atoms with Crippen LogP contribution in [0.5, 0.6) is 17.2 Å². The molecule has 30 heavy (non-hydrogen) atoms. The van der Waals surface area contributed by atoms with E-state index in [2.05, 4.69) is 0 Å². The maximum Gasteiger partial charge on any atom is 0.193 e. The lowest BCUT2D eigenvalue weighted by atomic mass is 9.86. The average Bonchev–Trinajstić information content (AvgIpc) is 2.65. The lowest BCUT2D eigenvalue weighted by Gasteiger charge is -2.32.